The van der Waals surface area contributed by atoms with Gasteiger partial charge in [-0.25, -0.2) is 0 Å². The first-order valence-electron chi connectivity index (χ1n) is 12.5. The normalized spacial score (nSPS) is 32.0. The number of rotatable bonds is 6. The number of methoxy groups -OCH3 is 2. The van der Waals surface area contributed by atoms with Crippen LogP contribution >= 0.6 is 0 Å². The van der Waals surface area contributed by atoms with Gasteiger partial charge in [-0.15, -0.1) is 0 Å². The molecule has 0 aromatic heterocycles. The smallest absolute Gasteiger partial charge is 0.242 e. The van der Waals surface area contributed by atoms with Crippen LogP contribution in [0.4, 0.5) is 0 Å². The van der Waals surface area contributed by atoms with Gasteiger partial charge in [-0.1, -0.05) is 6.92 Å². The molecule has 2 fully saturated rings. The summed E-state index contributed by atoms with van der Waals surface area (Å²) in [5, 5.41) is 0. The molecule has 180 valence electrons. The number of ether oxygens (including phenoxy) is 2. The van der Waals surface area contributed by atoms with Crippen molar-refractivity contribution in [3.63, 3.8) is 0 Å². The summed E-state index contributed by atoms with van der Waals surface area (Å²) < 4.78 is 25.0. The first kappa shape index (κ1) is 24.1. The van der Waals surface area contributed by atoms with Gasteiger partial charge in [0.05, 0.1) is 20.3 Å². The summed E-state index contributed by atoms with van der Waals surface area (Å²) in [4.78, 5) is 0. The topological polar surface area (TPSA) is 36.9 Å². The van der Waals surface area contributed by atoms with Crippen molar-refractivity contribution in [3.8, 4) is 17.2 Å². The molecular weight excluding hydrogens is 432 g/mol. The average Bonchev–Trinajstić information content (AvgIpc) is 3.00. The van der Waals surface area contributed by atoms with Gasteiger partial charge in [0.2, 0.25) is 14.1 Å². The lowest BCUT2D eigenvalue weighted by atomic mass is 9.55. The fraction of sp³-hybridized carbons (Fsp3) is 0.769. The van der Waals surface area contributed by atoms with E-state index in [0.717, 1.165) is 35.5 Å². The van der Waals surface area contributed by atoms with Gasteiger partial charge in [-0.2, -0.15) is 0 Å². The molecule has 0 aliphatic heterocycles. The van der Waals surface area contributed by atoms with Crippen molar-refractivity contribution >= 4 is 16.6 Å². The minimum atomic E-state index is -1.78. The van der Waals surface area contributed by atoms with Crippen LogP contribution in [0.25, 0.3) is 0 Å². The highest BCUT2D eigenvalue weighted by Gasteiger charge is 2.56. The molecule has 0 saturated heterocycles. The first-order valence-corrected chi connectivity index (χ1v) is 19.3. The summed E-state index contributed by atoms with van der Waals surface area (Å²) in [5.41, 5.74) is 3.14. The third-order valence-electron chi connectivity index (χ3n) is 8.14. The summed E-state index contributed by atoms with van der Waals surface area (Å²) >= 11 is 0. The van der Waals surface area contributed by atoms with E-state index in [1.807, 2.05) is 0 Å². The second kappa shape index (κ2) is 8.35. The Kier molecular flexibility index (Phi) is 6.30. The van der Waals surface area contributed by atoms with Crippen LogP contribution in [0.3, 0.4) is 0 Å². The highest BCUT2D eigenvalue weighted by atomic mass is 28.4. The maximum absolute atomic E-state index is 6.75. The van der Waals surface area contributed by atoms with E-state index in [2.05, 4.69) is 52.3 Å². The highest BCUT2D eigenvalue weighted by molar-refractivity contribution is 6.70. The van der Waals surface area contributed by atoms with E-state index in [1.165, 1.54) is 43.2 Å². The Bertz CT molecular complexity index is 857. The second-order valence-electron chi connectivity index (χ2n) is 12.5. The van der Waals surface area contributed by atoms with Crippen molar-refractivity contribution in [2.24, 2.45) is 17.3 Å². The molecule has 6 heteroatoms. The van der Waals surface area contributed by atoms with Gasteiger partial charge < -0.3 is 18.3 Å². The zero-order chi connectivity index (χ0) is 23.5. The average molecular weight is 477 g/mol. The van der Waals surface area contributed by atoms with Gasteiger partial charge in [-0.3, -0.25) is 0 Å². The zero-order valence-corrected chi connectivity index (χ0v) is 23.8. The van der Waals surface area contributed by atoms with Crippen molar-refractivity contribution in [2.75, 3.05) is 14.2 Å². The number of hydrogen-bond acceptors (Lipinski definition) is 4. The molecule has 32 heavy (non-hydrogen) atoms. The summed E-state index contributed by atoms with van der Waals surface area (Å²) in [5.74, 6) is 4.63. The van der Waals surface area contributed by atoms with Crippen LogP contribution < -0.4 is 13.9 Å². The number of hydrogen-bond donors (Lipinski definition) is 0. The van der Waals surface area contributed by atoms with Crippen molar-refractivity contribution in [3.05, 3.63) is 17.2 Å². The molecule has 1 aromatic carbocycles. The fourth-order valence-electron chi connectivity index (χ4n) is 7.04. The van der Waals surface area contributed by atoms with Gasteiger partial charge in [0.25, 0.3) is 0 Å². The Hall–Kier alpha value is -0.986. The SMILES string of the molecule is COc1c(O[Si](C)(C)C)cc2c(c1OC)CCC1C2CCC2(C)C(O[Si](C)(C)C)CCC12. The maximum atomic E-state index is 6.75. The van der Waals surface area contributed by atoms with Crippen LogP contribution in [0.15, 0.2) is 6.07 Å². The second-order valence-corrected chi connectivity index (χ2v) is 21.4. The van der Waals surface area contributed by atoms with Crippen LogP contribution in [0.5, 0.6) is 17.2 Å². The summed E-state index contributed by atoms with van der Waals surface area (Å²) in [6.07, 6.45) is 7.79. The zero-order valence-electron chi connectivity index (χ0n) is 21.8. The Morgan fingerprint density at radius 3 is 2.16 bits per heavy atom. The molecule has 3 aliphatic carbocycles. The van der Waals surface area contributed by atoms with Crippen LogP contribution in [0.2, 0.25) is 39.3 Å². The van der Waals surface area contributed by atoms with E-state index in [1.54, 1.807) is 14.2 Å². The molecule has 1 aromatic rings. The van der Waals surface area contributed by atoms with Gasteiger partial charge in [0.1, 0.15) is 0 Å². The molecule has 4 rings (SSSR count). The van der Waals surface area contributed by atoms with Crippen LogP contribution in [-0.4, -0.2) is 37.0 Å². The quantitative estimate of drug-likeness (QED) is 0.414. The van der Waals surface area contributed by atoms with Crippen LogP contribution in [-0.2, 0) is 10.8 Å². The molecule has 3 aliphatic rings. The highest BCUT2D eigenvalue weighted by Crippen LogP contribution is 2.63. The van der Waals surface area contributed by atoms with E-state index in [0.29, 0.717) is 17.4 Å². The third-order valence-corrected chi connectivity index (χ3v) is 9.96. The number of fused-ring (bicyclic) bond motifs is 5. The predicted octanol–water partition coefficient (Wildman–Crippen LogP) is 6.99. The lowest BCUT2D eigenvalue weighted by Gasteiger charge is -2.51. The summed E-state index contributed by atoms with van der Waals surface area (Å²) in [6.45, 7) is 16.2. The Morgan fingerprint density at radius 2 is 1.56 bits per heavy atom. The van der Waals surface area contributed by atoms with Crippen molar-refractivity contribution in [1.29, 1.82) is 0 Å². The monoisotopic (exact) mass is 476 g/mol. The van der Waals surface area contributed by atoms with Crippen LogP contribution in [0, 0.1) is 17.3 Å². The molecule has 5 atom stereocenters. The maximum Gasteiger partial charge on any atom is 0.242 e. The van der Waals surface area contributed by atoms with E-state index in [4.69, 9.17) is 18.3 Å². The standard InChI is InChI=1S/C26H44O4Si2/c1-26-15-14-17-18(21(26)12-13-23(26)30-32(7,8)9)10-11-19-20(17)16-22(29-31(4,5)6)25(28-3)24(19)27-2/h16-18,21,23H,10-15H2,1-9H3. The molecule has 4 nitrogen and oxygen atoms in total. The molecule has 2 saturated carbocycles. The molecule has 0 radical (unpaired) electrons. The van der Waals surface area contributed by atoms with E-state index >= 15 is 0 Å². The molecule has 0 heterocycles. The van der Waals surface area contributed by atoms with Gasteiger partial charge in [0.15, 0.2) is 19.8 Å². The molecule has 0 N–H and O–H groups in total. The van der Waals surface area contributed by atoms with E-state index in [9.17, 15) is 0 Å². The Labute approximate surface area is 197 Å². The minimum Gasteiger partial charge on any atom is -0.542 e. The van der Waals surface area contributed by atoms with Gasteiger partial charge >= 0.3 is 0 Å². The Balaban J connectivity index is 1.71. The van der Waals surface area contributed by atoms with Crippen molar-refractivity contribution < 1.29 is 18.3 Å². The predicted molar refractivity (Wildman–Crippen MR) is 136 cm³/mol. The fourth-order valence-corrected chi connectivity index (χ4v) is 9.09. The van der Waals surface area contributed by atoms with E-state index in [-0.39, 0.29) is 0 Å². The molecule has 0 amide bonds. The lowest BCUT2D eigenvalue weighted by molar-refractivity contribution is -0.0142. The minimum absolute atomic E-state index is 0.327. The third kappa shape index (κ3) is 4.27. The molecule has 5 unspecified atom stereocenters. The van der Waals surface area contributed by atoms with Crippen molar-refractivity contribution in [1.82, 2.24) is 0 Å². The largest absolute Gasteiger partial charge is 0.542 e. The van der Waals surface area contributed by atoms with Crippen LogP contribution in [0.1, 0.15) is 56.1 Å². The first-order chi connectivity index (χ1) is 14.9. The number of benzene rings is 1. The molecular formula is C26H44O4Si2. The lowest BCUT2D eigenvalue weighted by Crippen LogP contribution is -2.47. The summed E-state index contributed by atoms with van der Waals surface area (Å²) in [6, 6.07) is 2.32. The van der Waals surface area contributed by atoms with Crippen molar-refractivity contribution in [2.45, 2.75) is 96.8 Å². The van der Waals surface area contributed by atoms with E-state index < -0.39 is 16.6 Å². The Morgan fingerprint density at radius 1 is 0.875 bits per heavy atom. The summed E-state index contributed by atoms with van der Waals surface area (Å²) in [7, 11) is 0.179. The van der Waals surface area contributed by atoms with Gasteiger partial charge in [0, 0.05) is 5.56 Å². The molecule has 0 spiro atoms. The van der Waals surface area contributed by atoms with Gasteiger partial charge in [-0.05, 0) is 113 Å². The molecule has 0 bridgehead atoms.